The second kappa shape index (κ2) is 11.9. The Labute approximate surface area is 288 Å². The SMILES string of the molecule is CC(C)C(C)c1ccc2c(n1)oc1c(-c3nc4ccccc4n3-c3c(-c4ccccc4)cc(C(C)(C)C)cc3-c3ccccc3)cccc12. The minimum atomic E-state index is -0.0653. The Hall–Kier alpha value is -5.48. The van der Waals surface area contributed by atoms with Crippen LogP contribution in [0.1, 0.15) is 58.7 Å². The molecule has 3 heterocycles. The maximum Gasteiger partial charge on any atom is 0.227 e. The summed E-state index contributed by atoms with van der Waals surface area (Å²) in [6, 6.07) is 45.3. The quantitative estimate of drug-likeness (QED) is 0.182. The zero-order valence-electron chi connectivity index (χ0n) is 29.0. The zero-order valence-corrected chi connectivity index (χ0v) is 29.0. The van der Waals surface area contributed by atoms with Crippen molar-refractivity contribution in [3.05, 3.63) is 139 Å². The average molecular weight is 640 g/mol. The molecule has 1 unspecified atom stereocenters. The first kappa shape index (κ1) is 30.8. The van der Waals surface area contributed by atoms with Crippen LogP contribution in [0.25, 0.3) is 72.4 Å². The maximum absolute atomic E-state index is 6.72. The molecule has 5 aromatic carbocycles. The van der Waals surface area contributed by atoms with Crippen LogP contribution in [0.5, 0.6) is 0 Å². The predicted molar refractivity (Wildman–Crippen MR) is 204 cm³/mol. The van der Waals surface area contributed by atoms with E-state index < -0.39 is 0 Å². The molecule has 49 heavy (non-hydrogen) atoms. The normalized spacial score (nSPS) is 12.8. The topological polar surface area (TPSA) is 43.9 Å². The van der Waals surface area contributed by atoms with E-state index in [9.17, 15) is 0 Å². The van der Waals surface area contributed by atoms with E-state index in [0.29, 0.717) is 17.5 Å². The fourth-order valence-corrected chi connectivity index (χ4v) is 6.88. The second-order valence-electron chi connectivity index (χ2n) is 14.6. The lowest BCUT2D eigenvalue weighted by molar-refractivity contribution is 0.521. The minimum absolute atomic E-state index is 0.0653. The summed E-state index contributed by atoms with van der Waals surface area (Å²) in [4.78, 5) is 10.4. The summed E-state index contributed by atoms with van der Waals surface area (Å²) >= 11 is 0. The van der Waals surface area contributed by atoms with Crippen molar-refractivity contribution in [1.29, 1.82) is 0 Å². The van der Waals surface area contributed by atoms with Gasteiger partial charge in [0.15, 0.2) is 0 Å². The number of furan rings is 1. The summed E-state index contributed by atoms with van der Waals surface area (Å²) in [7, 11) is 0. The van der Waals surface area contributed by atoms with E-state index in [1.807, 2.05) is 0 Å². The van der Waals surface area contributed by atoms with E-state index in [1.54, 1.807) is 0 Å². The molecular weight excluding hydrogens is 599 g/mol. The van der Waals surface area contributed by atoms with Crippen molar-refractivity contribution in [2.45, 2.75) is 52.9 Å². The Morgan fingerprint density at radius 2 is 1.24 bits per heavy atom. The molecule has 0 spiro atoms. The number of imidazole rings is 1. The van der Waals surface area contributed by atoms with Crippen molar-refractivity contribution >= 4 is 33.1 Å². The van der Waals surface area contributed by atoms with Gasteiger partial charge in [-0.2, -0.15) is 0 Å². The summed E-state index contributed by atoms with van der Waals surface area (Å²) in [5.41, 5.74) is 12.3. The molecular formula is C45H41N3O. The van der Waals surface area contributed by atoms with Gasteiger partial charge in [0, 0.05) is 33.5 Å². The molecule has 8 rings (SSSR count). The van der Waals surface area contributed by atoms with Crippen LogP contribution >= 0.6 is 0 Å². The molecule has 0 bridgehead atoms. The number of fused-ring (bicyclic) bond motifs is 4. The van der Waals surface area contributed by atoms with Crippen molar-refractivity contribution in [3.8, 4) is 39.3 Å². The molecule has 0 radical (unpaired) electrons. The lowest BCUT2D eigenvalue weighted by Crippen LogP contribution is -2.13. The number of hydrogen-bond donors (Lipinski definition) is 0. The third-order valence-electron chi connectivity index (χ3n) is 10.0. The van der Waals surface area contributed by atoms with Gasteiger partial charge in [-0.25, -0.2) is 9.97 Å². The van der Waals surface area contributed by atoms with Crippen LogP contribution in [-0.2, 0) is 5.41 Å². The number of para-hydroxylation sites is 3. The smallest absolute Gasteiger partial charge is 0.227 e. The van der Waals surface area contributed by atoms with Crippen molar-refractivity contribution < 1.29 is 4.42 Å². The van der Waals surface area contributed by atoms with E-state index in [-0.39, 0.29) is 5.41 Å². The predicted octanol–water partition coefficient (Wildman–Crippen LogP) is 12.4. The van der Waals surface area contributed by atoms with E-state index in [2.05, 4.69) is 174 Å². The van der Waals surface area contributed by atoms with Gasteiger partial charge in [-0.3, -0.25) is 4.57 Å². The van der Waals surface area contributed by atoms with Gasteiger partial charge in [0.25, 0.3) is 0 Å². The largest absolute Gasteiger partial charge is 0.437 e. The number of hydrogen-bond acceptors (Lipinski definition) is 3. The lowest BCUT2D eigenvalue weighted by Gasteiger charge is -2.26. The van der Waals surface area contributed by atoms with Gasteiger partial charge < -0.3 is 4.42 Å². The number of rotatable bonds is 6. The maximum atomic E-state index is 6.72. The van der Waals surface area contributed by atoms with Crippen molar-refractivity contribution in [2.24, 2.45) is 5.92 Å². The Morgan fingerprint density at radius 3 is 1.88 bits per heavy atom. The Balaban J connectivity index is 1.49. The molecule has 4 heteroatoms. The van der Waals surface area contributed by atoms with Gasteiger partial charge >= 0.3 is 0 Å². The third-order valence-corrected chi connectivity index (χ3v) is 10.0. The fraction of sp³-hybridized carbons (Fsp3) is 0.200. The highest BCUT2D eigenvalue weighted by molar-refractivity contribution is 6.09. The molecule has 0 N–H and O–H groups in total. The van der Waals surface area contributed by atoms with Crippen molar-refractivity contribution in [2.75, 3.05) is 0 Å². The van der Waals surface area contributed by atoms with Gasteiger partial charge in [-0.05, 0) is 70.5 Å². The van der Waals surface area contributed by atoms with Crippen LogP contribution in [0.2, 0.25) is 0 Å². The minimum Gasteiger partial charge on any atom is -0.437 e. The first-order valence-corrected chi connectivity index (χ1v) is 17.3. The van der Waals surface area contributed by atoms with E-state index in [1.165, 1.54) is 5.56 Å². The molecule has 0 aliphatic heterocycles. The Bertz CT molecular complexity index is 2400. The molecule has 4 nitrogen and oxygen atoms in total. The number of nitrogens with zero attached hydrogens (tertiary/aromatic N) is 3. The Morgan fingerprint density at radius 1 is 0.612 bits per heavy atom. The van der Waals surface area contributed by atoms with Crippen LogP contribution in [0.3, 0.4) is 0 Å². The lowest BCUT2D eigenvalue weighted by atomic mass is 9.82. The van der Waals surface area contributed by atoms with Crippen LogP contribution in [-0.4, -0.2) is 14.5 Å². The summed E-state index contributed by atoms with van der Waals surface area (Å²) < 4.78 is 9.08. The van der Waals surface area contributed by atoms with Crippen molar-refractivity contribution in [3.63, 3.8) is 0 Å². The number of aromatic nitrogens is 3. The highest BCUT2D eigenvalue weighted by Gasteiger charge is 2.27. The second-order valence-corrected chi connectivity index (χ2v) is 14.6. The number of benzene rings is 5. The highest BCUT2D eigenvalue weighted by atomic mass is 16.3. The van der Waals surface area contributed by atoms with Crippen LogP contribution in [0, 0.1) is 5.92 Å². The monoisotopic (exact) mass is 639 g/mol. The standard InChI is InChI=1S/C45H41N3O/c1-28(2)29(3)38-25-24-34-33-20-15-21-35(42(33)49-44(34)47-38)43-46-39-22-13-14-23-40(39)48(43)41-36(30-16-9-7-10-17-30)26-32(45(4,5)6)27-37(41)31-18-11-8-12-19-31/h7-29H,1-6H3. The molecule has 0 aliphatic rings. The van der Waals surface area contributed by atoms with Gasteiger partial charge in [-0.15, -0.1) is 0 Å². The molecule has 0 saturated heterocycles. The van der Waals surface area contributed by atoms with Crippen molar-refractivity contribution in [1.82, 2.24) is 14.5 Å². The number of pyridine rings is 1. The molecule has 242 valence electrons. The Kier molecular flexibility index (Phi) is 7.48. The molecule has 0 amide bonds. The van der Waals surface area contributed by atoms with Gasteiger partial charge in [0.05, 0.1) is 22.3 Å². The van der Waals surface area contributed by atoms with Gasteiger partial charge in [-0.1, -0.05) is 126 Å². The average Bonchev–Trinajstić information content (AvgIpc) is 3.69. The van der Waals surface area contributed by atoms with Crippen LogP contribution in [0.15, 0.2) is 132 Å². The zero-order chi connectivity index (χ0) is 33.9. The molecule has 1 atom stereocenters. The third kappa shape index (κ3) is 5.32. The van der Waals surface area contributed by atoms with E-state index in [0.717, 1.165) is 72.4 Å². The molecule has 0 fully saturated rings. The molecule has 3 aromatic heterocycles. The first-order valence-electron chi connectivity index (χ1n) is 17.3. The summed E-state index contributed by atoms with van der Waals surface area (Å²) in [6.45, 7) is 13.6. The van der Waals surface area contributed by atoms with Crippen LogP contribution in [0.4, 0.5) is 0 Å². The molecule has 0 aliphatic carbocycles. The molecule has 0 saturated carbocycles. The van der Waals surface area contributed by atoms with Gasteiger partial charge in [0.2, 0.25) is 5.71 Å². The van der Waals surface area contributed by atoms with Crippen LogP contribution < -0.4 is 0 Å². The first-order chi connectivity index (χ1) is 23.7. The summed E-state index contributed by atoms with van der Waals surface area (Å²) in [5, 5.41) is 2.06. The van der Waals surface area contributed by atoms with Gasteiger partial charge in [0.1, 0.15) is 11.4 Å². The summed E-state index contributed by atoms with van der Waals surface area (Å²) in [6.07, 6.45) is 0. The summed E-state index contributed by atoms with van der Waals surface area (Å²) in [5.74, 6) is 1.64. The highest BCUT2D eigenvalue weighted by Crippen LogP contribution is 2.44. The fourth-order valence-electron chi connectivity index (χ4n) is 6.88. The van der Waals surface area contributed by atoms with E-state index >= 15 is 0 Å². The van der Waals surface area contributed by atoms with E-state index in [4.69, 9.17) is 14.4 Å². The molecule has 8 aromatic rings.